The lowest BCUT2D eigenvalue weighted by atomic mass is 10.3. The number of hydrogen-bond donors (Lipinski definition) is 0. The molecule has 0 aliphatic carbocycles. The molecule has 2 rings (SSSR count). The van der Waals surface area contributed by atoms with Gasteiger partial charge in [0.05, 0.1) is 17.8 Å². The molecular formula is C11H11FN2O2S. The molecule has 0 amide bonds. The fourth-order valence-corrected chi connectivity index (χ4v) is 2.97. The predicted octanol–water partition coefficient (Wildman–Crippen LogP) is 1.53. The summed E-state index contributed by atoms with van der Waals surface area (Å²) in [5, 5.41) is 0. The molecule has 17 heavy (non-hydrogen) atoms. The average molecular weight is 254 g/mol. The van der Waals surface area contributed by atoms with E-state index in [1.807, 2.05) is 0 Å². The fourth-order valence-electron chi connectivity index (χ4n) is 1.49. The summed E-state index contributed by atoms with van der Waals surface area (Å²) in [6, 6.07) is 5.36. The highest BCUT2D eigenvalue weighted by molar-refractivity contribution is 7.90. The number of imidazole rings is 1. The molecule has 0 bridgehead atoms. The molecule has 0 saturated carbocycles. The van der Waals surface area contributed by atoms with Crippen molar-refractivity contribution < 1.29 is 12.8 Å². The third kappa shape index (κ3) is 2.36. The molecule has 0 N–H and O–H groups in total. The van der Waals surface area contributed by atoms with Crippen LogP contribution >= 0.6 is 0 Å². The Morgan fingerprint density at radius 3 is 2.65 bits per heavy atom. The zero-order chi connectivity index (χ0) is 12.5. The number of aryl methyl sites for hydroxylation is 1. The summed E-state index contributed by atoms with van der Waals surface area (Å²) in [7, 11) is -1.98. The topological polar surface area (TPSA) is 52.0 Å². The first-order valence-corrected chi connectivity index (χ1v) is 6.58. The smallest absolute Gasteiger partial charge is 0.186 e. The van der Waals surface area contributed by atoms with Crippen LogP contribution in [0.4, 0.5) is 4.39 Å². The van der Waals surface area contributed by atoms with Gasteiger partial charge < -0.3 is 4.57 Å². The molecule has 2 aromatic rings. The van der Waals surface area contributed by atoms with Crippen LogP contribution in [0.2, 0.25) is 0 Å². The third-order valence-electron chi connectivity index (χ3n) is 2.43. The van der Waals surface area contributed by atoms with E-state index in [1.54, 1.807) is 11.6 Å². The molecule has 1 heterocycles. The lowest BCUT2D eigenvalue weighted by Gasteiger charge is -2.05. The highest BCUT2D eigenvalue weighted by Gasteiger charge is 2.20. The van der Waals surface area contributed by atoms with Gasteiger partial charge in [-0.1, -0.05) is 12.1 Å². The Labute approximate surface area is 98.6 Å². The predicted molar refractivity (Wildman–Crippen MR) is 60.5 cm³/mol. The summed E-state index contributed by atoms with van der Waals surface area (Å²) in [4.78, 5) is 3.55. The molecule has 0 aliphatic rings. The normalized spacial score (nSPS) is 11.6. The minimum atomic E-state index is -3.67. The van der Waals surface area contributed by atoms with Crippen LogP contribution in [-0.2, 0) is 22.6 Å². The SMILES string of the molecule is Cn1cncc1CS(=O)(=O)c1ccccc1F. The standard InChI is InChI=1S/C11H11FN2O2S/c1-14-8-13-6-9(14)7-17(15,16)11-5-3-2-4-10(11)12/h2-6,8H,7H2,1H3. The highest BCUT2D eigenvalue weighted by Crippen LogP contribution is 2.18. The second-order valence-electron chi connectivity index (χ2n) is 3.69. The number of hydrogen-bond acceptors (Lipinski definition) is 3. The van der Waals surface area contributed by atoms with Gasteiger partial charge >= 0.3 is 0 Å². The van der Waals surface area contributed by atoms with Gasteiger partial charge in [-0.2, -0.15) is 0 Å². The summed E-state index contributed by atoms with van der Waals surface area (Å²) in [5.74, 6) is -0.987. The molecule has 90 valence electrons. The summed E-state index contributed by atoms with van der Waals surface area (Å²) in [6.45, 7) is 0. The lowest BCUT2D eigenvalue weighted by Crippen LogP contribution is -2.09. The van der Waals surface area contributed by atoms with Crippen molar-refractivity contribution in [3.63, 3.8) is 0 Å². The number of sulfone groups is 1. The van der Waals surface area contributed by atoms with Gasteiger partial charge in [-0.15, -0.1) is 0 Å². The first kappa shape index (κ1) is 11.8. The van der Waals surface area contributed by atoms with Crippen molar-refractivity contribution in [1.82, 2.24) is 9.55 Å². The quantitative estimate of drug-likeness (QED) is 0.834. The van der Waals surface area contributed by atoms with E-state index in [0.29, 0.717) is 5.69 Å². The molecule has 1 aromatic heterocycles. The van der Waals surface area contributed by atoms with Gasteiger partial charge in [-0.3, -0.25) is 0 Å². The van der Waals surface area contributed by atoms with Gasteiger partial charge in [0.15, 0.2) is 9.84 Å². The molecule has 6 heteroatoms. The lowest BCUT2D eigenvalue weighted by molar-refractivity contribution is 0.565. The molecule has 0 unspecified atom stereocenters. The van der Waals surface area contributed by atoms with E-state index < -0.39 is 15.7 Å². The van der Waals surface area contributed by atoms with E-state index in [2.05, 4.69) is 4.98 Å². The van der Waals surface area contributed by atoms with E-state index in [4.69, 9.17) is 0 Å². The fraction of sp³-hybridized carbons (Fsp3) is 0.182. The Kier molecular flexibility index (Phi) is 2.97. The number of benzene rings is 1. The van der Waals surface area contributed by atoms with Crippen molar-refractivity contribution in [1.29, 1.82) is 0 Å². The monoisotopic (exact) mass is 254 g/mol. The molecule has 0 saturated heterocycles. The molecule has 0 spiro atoms. The van der Waals surface area contributed by atoms with Crippen LogP contribution in [0, 0.1) is 5.82 Å². The molecule has 0 atom stereocenters. The zero-order valence-electron chi connectivity index (χ0n) is 9.17. The van der Waals surface area contributed by atoms with Crippen molar-refractivity contribution in [3.8, 4) is 0 Å². The second-order valence-corrected chi connectivity index (χ2v) is 5.64. The Morgan fingerprint density at radius 1 is 1.35 bits per heavy atom. The molecule has 1 aromatic carbocycles. The van der Waals surface area contributed by atoms with E-state index in [1.165, 1.54) is 30.7 Å². The Balaban J connectivity index is 2.39. The maximum Gasteiger partial charge on any atom is 0.186 e. The van der Waals surface area contributed by atoms with E-state index >= 15 is 0 Å². The number of rotatable bonds is 3. The largest absolute Gasteiger partial charge is 0.337 e. The van der Waals surface area contributed by atoms with Gasteiger partial charge in [0.1, 0.15) is 10.7 Å². The van der Waals surface area contributed by atoms with Crippen LogP contribution in [-0.4, -0.2) is 18.0 Å². The van der Waals surface area contributed by atoms with E-state index in [0.717, 1.165) is 6.07 Å². The summed E-state index contributed by atoms with van der Waals surface area (Å²) >= 11 is 0. The number of aromatic nitrogens is 2. The van der Waals surface area contributed by atoms with E-state index in [-0.39, 0.29) is 10.6 Å². The average Bonchev–Trinajstić information content (AvgIpc) is 2.64. The van der Waals surface area contributed by atoms with Crippen molar-refractivity contribution in [2.24, 2.45) is 7.05 Å². The first-order chi connectivity index (χ1) is 8.00. The Hall–Kier alpha value is -1.69. The van der Waals surface area contributed by atoms with Crippen molar-refractivity contribution in [2.75, 3.05) is 0 Å². The number of nitrogens with zero attached hydrogens (tertiary/aromatic N) is 2. The number of halogens is 1. The Morgan fingerprint density at radius 2 is 2.06 bits per heavy atom. The molecule has 0 fully saturated rings. The van der Waals surface area contributed by atoms with Gasteiger partial charge in [0.25, 0.3) is 0 Å². The van der Waals surface area contributed by atoms with Crippen LogP contribution in [0.3, 0.4) is 0 Å². The molecular weight excluding hydrogens is 243 g/mol. The van der Waals surface area contributed by atoms with E-state index in [9.17, 15) is 12.8 Å². The summed E-state index contributed by atoms with van der Waals surface area (Å²) in [6.07, 6.45) is 2.96. The third-order valence-corrected chi connectivity index (χ3v) is 4.10. The van der Waals surface area contributed by atoms with Crippen LogP contribution in [0.15, 0.2) is 41.7 Å². The molecule has 4 nitrogen and oxygen atoms in total. The minimum Gasteiger partial charge on any atom is -0.337 e. The van der Waals surface area contributed by atoms with Gasteiger partial charge in [-0.05, 0) is 12.1 Å². The van der Waals surface area contributed by atoms with Crippen LogP contribution in [0.5, 0.6) is 0 Å². The maximum absolute atomic E-state index is 13.4. The van der Waals surface area contributed by atoms with Crippen molar-refractivity contribution >= 4 is 9.84 Å². The van der Waals surface area contributed by atoms with Gasteiger partial charge in [0, 0.05) is 13.2 Å². The maximum atomic E-state index is 13.4. The van der Waals surface area contributed by atoms with Crippen molar-refractivity contribution in [2.45, 2.75) is 10.6 Å². The van der Waals surface area contributed by atoms with Crippen molar-refractivity contribution in [3.05, 3.63) is 48.3 Å². The Bertz CT molecular complexity index is 634. The van der Waals surface area contributed by atoms with Crippen LogP contribution in [0.25, 0.3) is 0 Å². The van der Waals surface area contributed by atoms with Crippen LogP contribution in [0.1, 0.15) is 5.69 Å². The highest BCUT2D eigenvalue weighted by atomic mass is 32.2. The first-order valence-electron chi connectivity index (χ1n) is 4.93. The van der Waals surface area contributed by atoms with Gasteiger partial charge in [-0.25, -0.2) is 17.8 Å². The summed E-state index contributed by atoms with van der Waals surface area (Å²) < 4.78 is 39.0. The minimum absolute atomic E-state index is 0.259. The molecule has 0 radical (unpaired) electrons. The second kappa shape index (κ2) is 4.29. The van der Waals surface area contributed by atoms with Crippen LogP contribution < -0.4 is 0 Å². The molecule has 0 aliphatic heterocycles. The van der Waals surface area contributed by atoms with Gasteiger partial charge in [0.2, 0.25) is 0 Å². The summed E-state index contributed by atoms with van der Waals surface area (Å²) in [5.41, 5.74) is 0.522. The zero-order valence-corrected chi connectivity index (χ0v) is 9.98.